The standard InChI is InChI=1S/C12H19N3O3/c1-15(4-6-18-7-5-16)12(17)8-11-3-2-10(13)9-14-11/h2-3,9,16H,4-8,13H2,1H3. The van der Waals surface area contributed by atoms with Gasteiger partial charge >= 0.3 is 0 Å². The lowest BCUT2D eigenvalue weighted by Crippen LogP contribution is -2.31. The molecule has 0 aromatic carbocycles. The number of anilines is 1. The molecule has 0 bridgehead atoms. The molecule has 1 aromatic rings. The Kier molecular flexibility index (Phi) is 6.10. The van der Waals surface area contributed by atoms with Gasteiger partial charge < -0.3 is 20.5 Å². The molecule has 0 saturated carbocycles. The van der Waals surface area contributed by atoms with Crippen LogP contribution >= 0.6 is 0 Å². The van der Waals surface area contributed by atoms with Gasteiger partial charge in [0.25, 0.3) is 0 Å². The van der Waals surface area contributed by atoms with Gasteiger partial charge in [-0.05, 0) is 12.1 Å². The van der Waals surface area contributed by atoms with Gasteiger partial charge in [0.05, 0.1) is 38.1 Å². The highest BCUT2D eigenvalue weighted by Crippen LogP contribution is 2.03. The monoisotopic (exact) mass is 253 g/mol. The number of ether oxygens (including phenoxy) is 1. The summed E-state index contributed by atoms with van der Waals surface area (Å²) >= 11 is 0. The van der Waals surface area contributed by atoms with E-state index in [0.717, 1.165) is 0 Å². The summed E-state index contributed by atoms with van der Waals surface area (Å²) in [6.45, 7) is 1.19. The highest BCUT2D eigenvalue weighted by molar-refractivity contribution is 5.78. The first-order valence-corrected chi connectivity index (χ1v) is 5.76. The van der Waals surface area contributed by atoms with Crippen molar-refractivity contribution >= 4 is 11.6 Å². The van der Waals surface area contributed by atoms with Gasteiger partial charge in [0, 0.05) is 19.3 Å². The van der Waals surface area contributed by atoms with Crippen molar-refractivity contribution in [3.8, 4) is 0 Å². The van der Waals surface area contributed by atoms with Crippen LogP contribution in [0.4, 0.5) is 5.69 Å². The normalized spacial score (nSPS) is 10.3. The smallest absolute Gasteiger partial charge is 0.228 e. The van der Waals surface area contributed by atoms with Gasteiger partial charge in [-0.25, -0.2) is 0 Å². The van der Waals surface area contributed by atoms with Crippen LogP contribution in [0.15, 0.2) is 18.3 Å². The zero-order valence-electron chi connectivity index (χ0n) is 10.5. The summed E-state index contributed by atoms with van der Waals surface area (Å²) < 4.78 is 5.09. The van der Waals surface area contributed by atoms with Crippen LogP contribution in [0.5, 0.6) is 0 Å². The molecular weight excluding hydrogens is 234 g/mol. The maximum Gasteiger partial charge on any atom is 0.228 e. The van der Waals surface area contributed by atoms with Gasteiger partial charge in [-0.3, -0.25) is 9.78 Å². The number of hydrogen-bond acceptors (Lipinski definition) is 5. The molecule has 3 N–H and O–H groups in total. The number of aliphatic hydroxyl groups is 1. The van der Waals surface area contributed by atoms with Crippen LogP contribution in [0, 0.1) is 0 Å². The summed E-state index contributed by atoms with van der Waals surface area (Å²) in [5.41, 5.74) is 6.79. The minimum absolute atomic E-state index is 0.00693. The van der Waals surface area contributed by atoms with Crippen LogP contribution < -0.4 is 5.73 Å². The second-order valence-corrected chi connectivity index (χ2v) is 3.91. The molecule has 18 heavy (non-hydrogen) atoms. The lowest BCUT2D eigenvalue weighted by Gasteiger charge is -2.16. The molecule has 0 aliphatic carbocycles. The van der Waals surface area contributed by atoms with Gasteiger partial charge in [0.1, 0.15) is 0 Å². The number of aromatic nitrogens is 1. The molecule has 0 unspecified atom stereocenters. The van der Waals surface area contributed by atoms with Crippen molar-refractivity contribution in [3.05, 3.63) is 24.0 Å². The Labute approximate surface area is 106 Å². The highest BCUT2D eigenvalue weighted by Gasteiger charge is 2.10. The van der Waals surface area contributed by atoms with E-state index in [1.54, 1.807) is 24.1 Å². The number of amides is 1. The lowest BCUT2D eigenvalue weighted by molar-refractivity contribution is -0.129. The molecule has 100 valence electrons. The summed E-state index contributed by atoms with van der Waals surface area (Å²) in [5, 5.41) is 8.53. The molecule has 1 heterocycles. The van der Waals surface area contributed by atoms with Crippen molar-refractivity contribution in [2.24, 2.45) is 0 Å². The van der Waals surface area contributed by atoms with Gasteiger partial charge in [-0.15, -0.1) is 0 Å². The van der Waals surface area contributed by atoms with E-state index in [-0.39, 0.29) is 18.9 Å². The maximum atomic E-state index is 11.8. The SMILES string of the molecule is CN(CCOCCO)C(=O)Cc1ccc(N)cn1. The fourth-order valence-corrected chi connectivity index (χ4v) is 1.32. The average molecular weight is 253 g/mol. The van der Waals surface area contributed by atoms with Gasteiger partial charge in [-0.1, -0.05) is 0 Å². The first-order valence-electron chi connectivity index (χ1n) is 5.76. The number of carbonyl (C=O) groups excluding carboxylic acids is 1. The van der Waals surface area contributed by atoms with Gasteiger partial charge in [-0.2, -0.15) is 0 Å². The topological polar surface area (TPSA) is 88.7 Å². The number of rotatable bonds is 7. The summed E-state index contributed by atoms with van der Waals surface area (Å²) in [5.74, 6) is -0.0279. The predicted octanol–water partition coefficient (Wildman–Crippen LogP) is -0.326. The fraction of sp³-hybridized carbons (Fsp3) is 0.500. The first-order chi connectivity index (χ1) is 8.63. The number of nitrogens with zero attached hydrogens (tertiary/aromatic N) is 2. The van der Waals surface area contributed by atoms with E-state index in [4.69, 9.17) is 15.6 Å². The van der Waals surface area contributed by atoms with Crippen LogP contribution in [-0.4, -0.2) is 54.3 Å². The molecule has 1 rings (SSSR count). The van der Waals surface area contributed by atoms with Crippen molar-refractivity contribution in [3.63, 3.8) is 0 Å². The predicted molar refractivity (Wildman–Crippen MR) is 67.9 cm³/mol. The largest absolute Gasteiger partial charge is 0.397 e. The molecule has 6 heteroatoms. The number of likely N-dealkylation sites (N-methyl/N-ethyl adjacent to an activating group) is 1. The van der Waals surface area contributed by atoms with Gasteiger partial charge in [0.15, 0.2) is 0 Å². The summed E-state index contributed by atoms with van der Waals surface area (Å²) in [7, 11) is 1.71. The Hall–Kier alpha value is -1.66. The minimum atomic E-state index is -0.0279. The summed E-state index contributed by atoms with van der Waals surface area (Å²) in [6, 6.07) is 3.46. The molecule has 0 atom stereocenters. The Morgan fingerprint density at radius 1 is 1.50 bits per heavy atom. The van der Waals surface area contributed by atoms with Crippen molar-refractivity contribution in [1.82, 2.24) is 9.88 Å². The molecule has 0 spiro atoms. The zero-order valence-corrected chi connectivity index (χ0v) is 10.5. The second-order valence-electron chi connectivity index (χ2n) is 3.91. The number of pyridine rings is 1. The highest BCUT2D eigenvalue weighted by atomic mass is 16.5. The van der Waals surface area contributed by atoms with Crippen LogP contribution in [0.25, 0.3) is 0 Å². The third-order valence-electron chi connectivity index (χ3n) is 2.41. The van der Waals surface area contributed by atoms with E-state index in [9.17, 15) is 4.79 Å². The van der Waals surface area contributed by atoms with Crippen LogP contribution in [-0.2, 0) is 16.0 Å². The molecule has 1 aromatic heterocycles. The molecule has 0 aliphatic heterocycles. The van der Waals surface area contributed by atoms with Crippen molar-refractivity contribution in [2.75, 3.05) is 39.1 Å². The molecule has 6 nitrogen and oxygen atoms in total. The van der Waals surface area contributed by atoms with Crippen LogP contribution in [0.2, 0.25) is 0 Å². The number of nitrogen functional groups attached to an aromatic ring is 1. The molecule has 0 fully saturated rings. The minimum Gasteiger partial charge on any atom is -0.397 e. The van der Waals surface area contributed by atoms with Crippen molar-refractivity contribution < 1.29 is 14.6 Å². The van der Waals surface area contributed by atoms with Crippen LogP contribution in [0.1, 0.15) is 5.69 Å². The Morgan fingerprint density at radius 3 is 2.89 bits per heavy atom. The Morgan fingerprint density at radius 2 is 2.28 bits per heavy atom. The molecule has 0 radical (unpaired) electrons. The van der Waals surface area contributed by atoms with E-state index in [1.165, 1.54) is 6.20 Å². The number of aliphatic hydroxyl groups excluding tert-OH is 1. The van der Waals surface area contributed by atoms with Crippen molar-refractivity contribution in [1.29, 1.82) is 0 Å². The second kappa shape index (κ2) is 7.62. The number of hydrogen-bond donors (Lipinski definition) is 2. The molecule has 0 aliphatic rings. The lowest BCUT2D eigenvalue weighted by atomic mass is 10.2. The number of nitrogens with two attached hydrogens (primary N) is 1. The van der Waals surface area contributed by atoms with Crippen LogP contribution in [0.3, 0.4) is 0 Å². The van der Waals surface area contributed by atoms with Crippen molar-refractivity contribution in [2.45, 2.75) is 6.42 Å². The van der Waals surface area contributed by atoms with Gasteiger partial charge in [0.2, 0.25) is 5.91 Å². The first kappa shape index (κ1) is 14.4. The third kappa shape index (κ3) is 5.11. The molecular formula is C12H19N3O3. The summed E-state index contributed by atoms with van der Waals surface area (Å²) in [6.07, 6.45) is 1.78. The molecule has 1 amide bonds. The maximum absolute atomic E-state index is 11.8. The summed E-state index contributed by atoms with van der Waals surface area (Å²) in [4.78, 5) is 17.5. The fourth-order valence-electron chi connectivity index (χ4n) is 1.32. The molecule has 0 saturated heterocycles. The Bertz CT molecular complexity index is 367. The average Bonchev–Trinajstić information content (AvgIpc) is 2.37. The zero-order chi connectivity index (χ0) is 13.4. The van der Waals surface area contributed by atoms with E-state index in [0.29, 0.717) is 31.1 Å². The third-order valence-corrected chi connectivity index (χ3v) is 2.41. The quantitative estimate of drug-likeness (QED) is 0.650. The number of carbonyl (C=O) groups is 1. The van der Waals surface area contributed by atoms with E-state index in [2.05, 4.69) is 4.98 Å². The van der Waals surface area contributed by atoms with E-state index in [1.807, 2.05) is 0 Å². The Balaban J connectivity index is 2.33. The van der Waals surface area contributed by atoms with E-state index >= 15 is 0 Å². The van der Waals surface area contributed by atoms with E-state index < -0.39 is 0 Å².